The summed E-state index contributed by atoms with van der Waals surface area (Å²) < 4.78 is 37.4. The van der Waals surface area contributed by atoms with Gasteiger partial charge in [-0.2, -0.15) is 13.2 Å². The number of thioether (sulfide) groups is 1. The zero-order valence-corrected chi connectivity index (χ0v) is 11.6. The zero-order valence-electron chi connectivity index (χ0n) is 9.94. The molecule has 0 spiro atoms. The highest BCUT2D eigenvalue weighted by Crippen LogP contribution is 2.35. The second-order valence-electron chi connectivity index (χ2n) is 3.82. The van der Waals surface area contributed by atoms with Crippen LogP contribution in [0.5, 0.6) is 0 Å². The second kappa shape index (κ2) is 5.52. The number of aromatic nitrogens is 1. The van der Waals surface area contributed by atoms with Gasteiger partial charge in [0, 0.05) is 16.0 Å². The molecule has 7 heteroatoms. The number of nitrogens with zero attached hydrogens (tertiary/aromatic N) is 1. The van der Waals surface area contributed by atoms with Gasteiger partial charge in [-0.25, -0.2) is 4.98 Å². The molecule has 0 radical (unpaired) electrons. The summed E-state index contributed by atoms with van der Waals surface area (Å²) in [6.07, 6.45) is -1.26. The van der Waals surface area contributed by atoms with Crippen molar-refractivity contribution >= 4 is 23.1 Å². The smallest absolute Gasteiger partial charge is 0.320 e. The quantitative estimate of drug-likeness (QED) is 0.873. The second-order valence-corrected chi connectivity index (χ2v) is 5.76. The van der Waals surface area contributed by atoms with Crippen LogP contribution in [0.1, 0.15) is 21.5 Å². The van der Waals surface area contributed by atoms with Crippen molar-refractivity contribution in [2.24, 2.45) is 5.73 Å². The molecule has 0 saturated heterocycles. The van der Waals surface area contributed by atoms with Crippen molar-refractivity contribution in [2.75, 3.05) is 6.26 Å². The van der Waals surface area contributed by atoms with Crippen LogP contribution in [-0.2, 0) is 6.18 Å². The van der Waals surface area contributed by atoms with Crippen LogP contribution in [0, 0.1) is 0 Å². The first-order valence-corrected chi connectivity index (χ1v) is 7.38. The van der Waals surface area contributed by atoms with Gasteiger partial charge in [0.25, 0.3) is 0 Å². The first kappa shape index (κ1) is 14.4. The number of benzene rings is 1. The standard InChI is InChI=1S/C12H11F3N2S2/c1-18-8-4-2-7(3-5-8)10(16)9-6-17-11(19-9)12(13,14)15/h2-6,10H,16H2,1H3. The molecule has 1 aromatic carbocycles. The van der Waals surface area contributed by atoms with Crippen LogP contribution in [0.15, 0.2) is 35.4 Å². The van der Waals surface area contributed by atoms with Crippen LogP contribution < -0.4 is 5.73 Å². The van der Waals surface area contributed by atoms with Gasteiger partial charge in [0.1, 0.15) is 0 Å². The SMILES string of the molecule is CSc1ccc(C(N)c2cnc(C(F)(F)F)s2)cc1. The van der Waals surface area contributed by atoms with E-state index in [0.29, 0.717) is 16.2 Å². The maximum Gasteiger partial charge on any atom is 0.443 e. The molecule has 2 nitrogen and oxygen atoms in total. The van der Waals surface area contributed by atoms with Crippen molar-refractivity contribution < 1.29 is 13.2 Å². The van der Waals surface area contributed by atoms with Gasteiger partial charge in [-0.05, 0) is 24.0 Å². The van der Waals surface area contributed by atoms with E-state index in [1.165, 1.54) is 6.20 Å². The fourth-order valence-electron chi connectivity index (χ4n) is 1.54. The van der Waals surface area contributed by atoms with Gasteiger partial charge in [0.05, 0.1) is 6.04 Å². The molecule has 102 valence electrons. The lowest BCUT2D eigenvalue weighted by Crippen LogP contribution is -2.10. The summed E-state index contributed by atoms with van der Waals surface area (Å²) in [4.78, 5) is 4.86. The molecule has 0 aliphatic heterocycles. The maximum atomic E-state index is 12.5. The van der Waals surface area contributed by atoms with Crippen LogP contribution in [-0.4, -0.2) is 11.2 Å². The molecule has 2 rings (SSSR count). The molecule has 0 saturated carbocycles. The number of hydrogen-bond donors (Lipinski definition) is 1. The van der Waals surface area contributed by atoms with Crippen molar-refractivity contribution in [3.63, 3.8) is 0 Å². The lowest BCUT2D eigenvalue weighted by Gasteiger charge is -2.09. The van der Waals surface area contributed by atoms with E-state index in [1.807, 2.05) is 30.5 Å². The fraction of sp³-hybridized carbons (Fsp3) is 0.250. The van der Waals surface area contributed by atoms with Gasteiger partial charge in [-0.15, -0.1) is 23.1 Å². The molecule has 0 bridgehead atoms. The summed E-state index contributed by atoms with van der Waals surface area (Å²) >= 11 is 2.18. The average Bonchev–Trinajstić information content (AvgIpc) is 2.87. The van der Waals surface area contributed by atoms with E-state index in [2.05, 4.69) is 4.98 Å². The van der Waals surface area contributed by atoms with E-state index in [9.17, 15) is 13.2 Å². The Morgan fingerprint density at radius 2 is 1.89 bits per heavy atom. The third kappa shape index (κ3) is 3.29. The fourth-order valence-corrected chi connectivity index (χ4v) is 2.76. The first-order chi connectivity index (χ1) is 8.91. The number of thiazole rings is 1. The number of hydrogen-bond acceptors (Lipinski definition) is 4. The third-order valence-corrected chi connectivity index (χ3v) is 4.42. The molecule has 0 aliphatic carbocycles. The van der Waals surface area contributed by atoms with E-state index in [-0.39, 0.29) is 0 Å². The highest BCUT2D eigenvalue weighted by atomic mass is 32.2. The summed E-state index contributed by atoms with van der Waals surface area (Å²) in [6.45, 7) is 0. The van der Waals surface area contributed by atoms with E-state index in [4.69, 9.17) is 5.73 Å². The van der Waals surface area contributed by atoms with Crippen molar-refractivity contribution in [2.45, 2.75) is 17.1 Å². The molecule has 1 unspecified atom stereocenters. The highest BCUT2D eigenvalue weighted by Gasteiger charge is 2.35. The highest BCUT2D eigenvalue weighted by molar-refractivity contribution is 7.98. The Morgan fingerprint density at radius 1 is 1.26 bits per heavy atom. The molecule has 0 amide bonds. The Hall–Kier alpha value is -1.05. The number of rotatable bonds is 3. The molecular formula is C12H11F3N2S2. The van der Waals surface area contributed by atoms with E-state index < -0.39 is 17.2 Å². The van der Waals surface area contributed by atoms with Gasteiger partial charge < -0.3 is 5.73 Å². The monoisotopic (exact) mass is 304 g/mol. The number of alkyl halides is 3. The van der Waals surface area contributed by atoms with Crippen LogP contribution in [0.25, 0.3) is 0 Å². The van der Waals surface area contributed by atoms with E-state index >= 15 is 0 Å². The number of nitrogens with two attached hydrogens (primary N) is 1. The largest absolute Gasteiger partial charge is 0.443 e. The average molecular weight is 304 g/mol. The van der Waals surface area contributed by atoms with Crippen LogP contribution in [0.2, 0.25) is 0 Å². The summed E-state index contributed by atoms with van der Waals surface area (Å²) in [5.74, 6) is 0. The minimum absolute atomic E-state index is 0.407. The van der Waals surface area contributed by atoms with Gasteiger partial charge in [0.15, 0.2) is 5.01 Å². The topological polar surface area (TPSA) is 38.9 Å². The molecule has 1 heterocycles. The summed E-state index contributed by atoms with van der Waals surface area (Å²) in [7, 11) is 0. The van der Waals surface area contributed by atoms with E-state index in [0.717, 1.165) is 10.5 Å². The Kier molecular flexibility index (Phi) is 4.17. The number of halogens is 3. The predicted molar refractivity (Wildman–Crippen MR) is 71.4 cm³/mol. The summed E-state index contributed by atoms with van der Waals surface area (Å²) in [5.41, 5.74) is 6.73. The molecule has 1 aromatic heterocycles. The minimum atomic E-state index is -4.41. The molecule has 19 heavy (non-hydrogen) atoms. The van der Waals surface area contributed by atoms with Crippen molar-refractivity contribution in [3.8, 4) is 0 Å². The molecular weight excluding hydrogens is 293 g/mol. The predicted octanol–water partition coefficient (Wildman–Crippen LogP) is 3.93. The van der Waals surface area contributed by atoms with Gasteiger partial charge in [0.2, 0.25) is 0 Å². The summed E-state index contributed by atoms with van der Waals surface area (Å²) in [5, 5.41) is -0.862. The normalized spacial score (nSPS) is 13.5. The van der Waals surface area contributed by atoms with Crippen LogP contribution in [0.3, 0.4) is 0 Å². The van der Waals surface area contributed by atoms with E-state index in [1.54, 1.807) is 11.8 Å². The Bertz CT molecular complexity index is 549. The molecule has 0 fully saturated rings. The lowest BCUT2D eigenvalue weighted by atomic mass is 10.1. The maximum absolute atomic E-state index is 12.5. The Balaban J connectivity index is 2.23. The zero-order chi connectivity index (χ0) is 14.0. The third-order valence-electron chi connectivity index (χ3n) is 2.55. The van der Waals surface area contributed by atoms with Crippen molar-refractivity contribution in [3.05, 3.63) is 45.9 Å². The molecule has 2 N–H and O–H groups in total. The van der Waals surface area contributed by atoms with Gasteiger partial charge in [-0.1, -0.05) is 12.1 Å². The van der Waals surface area contributed by atoms with Gasteiger partial charge in [-0.3, -0.25) is 0 Å². The summed E-state index contributed by atoms with van der Waals surface area (Å²) in [6, 6.07) is 6.86. The molecule has 1 atom stereocenters. The van der Waals surface area contributed by atoms with Crippen LogP contribution >= 0.6 is 23.1 Å². The molecule has 0 aliphatic rings. The van der Waals surface area contributed by atoms with Crippen LogP contribution in [0.4, 0.5) is 13.2 Å². The lowest BCUT2D eigenvalue weighted by molar-refractivity contribution is -0.137. The van der Waals surface area contributed by atoms with Crippen molar-refractivity contribution in [1.82, 2.24) is 4.98 Å². The molecule has 2 aromatic rings. The van der Waals surface area contributed by atoms with Crippen molar-refractivity contribution in [1.29, 1.82) is 0 Å². The van der Waals surface area contributed by atoms with Gasteiger partial charge >= 0.3 is 6.18 Å². The first-order valence-electron chi connectivity index (χ1n) is 5.34. The Labute approximate surface area is 116 Å². The Morgan fingerprint density at radius 3 is 2.37 bits per heavy atom. The minimum Gasteiger partial charge on any atom is -0.320 e.